The Labute approximate surface area is 117 Å². The van der Waals surface area contributed by atoms with Crippen molar-refractivity contribution in [1.82, 2.24) is 0 Å². The summed E-state index contributed by atoms with van der Waals surface area (Å²) in [5, 5.41) is 11.1. The molecule has 90 valence electrons. The lowest BCUT2D eigenvalue weighted by molar-refractivity contribution is 1.48. The first kappa shape index (κ1) is 12.9. The maximum atomic E-state index is 8.72. The van der Waals surface area contributed by atoms with Crippen molar-refractivity contribution in [2.75, 3.05) is 0 Å². The lowest BCUT2D eigenvalue weighted by atomic mass is 10.1. The molecule has 0 aliphatic heterocycles. The Bertz CT molecular complexity index is 670. The van der Waals surface area contributed by atoms with Gasteiger partial charge in [-0.15, -0.1) is 0 Å². The molecule has 0 saturated heterocycles. The highest BCUT2D eigenvalue weighted by Gasteiger charge is 1.91. The van der Waals surface area contributed by atoms with Crippen LogP contribution in [0.3, 0.4) is 0 Å². The molecule has 0 aliphatic carbocycles. The van der Waals surface area contributed by atoms with E-state index in [0.717, 1.165) is 16.8 Å². The van der Waals surface area contributed by atoms with Crippen molar-refractivity contribution in [3.05, 3.63) is 65.2 Å². The van der Waals surface area contributed by atoms with E-state index in [4.69, 9.17) is 5.26 Å². The van der Waals surface area contributed by atoms with Crippen LogP contribution < -0.4 is 0 Å². The summed E-state index contributed by atoms with van der Waals surface area (Å²) in [4.78, 5) is 3.90. The topological polar surface area (TPSA) is 36.1 Å². The summed E-state index contributed by atoms with van der Waals surface area (Å²) in [6, 6.07) is 17.2. The zero-order valence-corrected chi connectivity index (χ0v) is 10.9. The first-order valence-corrected chi connectivity index (χ1v) is 6.09. The standard InChI is InChI=1S/C16H10N2S/c17-11-15-5-3-13(4-6-15)1-2-14-7-9-16(10-8-14)18-12-19/h1-10H/b2-1+. The summed E-state index contributed by atoms with van der Waals surface area (Å²) in [6.07, 6.45) is 4.00. The molecular weight excluding hydrogens is 252 g/mol. The van der Waals surface area contributed by atoms with E-state index in [0.29, 0.717) is 5.56 Å². The molecule has 0 radical (unpaired) electrons. The van der Waals surface area contributed by atoms with Crippen molar-refractivity contribution in [2.24, 2.45) is 4.99 Å². The summed E-state index contributed by atoms with van der Waals surface area (Å²) >= 11 is 4.55. The van der Waals surface area contributed by atoms with Crippen LogP contribution in [0.1, 0.15) is 16.7 Å². The van der Waals surface area contributed by atoms with E-state index in [9.17, 15) is 0 Å². The molecule has 0 heterocycles. The van der Waals surface area contributed by atoms with E-state index in [2.05, 4.69) is 28.4 Å². The number of isothiocyanates is 1. The number of rotatable bonds is 3. The van der Waals surface area contributed by atoms with Crippen LogP contribution in [0, 0.1) is 11.3 Å². The van der Waals surface area contributed by atoms with Gasteiger partial charge in [0, 0.05) is 0 Å². The number of hydrogen-bond acceptors (Lipinski definition) is 3. The van der Waals surface area contributed by atoms with Gasteiger partial charge in [0.25, 0.3) is 0 Å². The second-order valence-corrected chi connectivity index (χ2v) is 4.04. The quantitative estimate of drug-likeness (QED) is 0.465. The van der Waals surface area contributed by atoms with E-state index in [-0.39, 0.29) is 0 Å². The second-order valence-electron chi connectivity index (χ2n) is 3.86. The second kappa shape index (κ2) is 6.42. The van der Waals surface area contributed by atoms with Crippen molar-refractivity contribution in [1.29, 1.82) is 5.26 Å². The average molecular weight is 262 g/mol. The minimum Gasteiger partial charge on any atom is -0.195 e. The van der Waals surface area contributed by atoms with Crippen molar-refractivity contribution < 1.29 is 0 Å². The molecule has 3 heteroatoms. The lowest BCUT2D eigenvalue weighted by Crippen LogP contribution is -1.75. The Hall–Kier alpha value is -2.53. The summed E-state index contributed by atoms with van der Waals surface area (Å²) < 4.78 is 0. The molecule has 2 nitrogen and oxygen atoms in total. The zero-order valence-electron chi connectivity index (χ0n) is 10.1. The fourth-order valence-corrected chi connectivity index (χ4v) is 1.68. The van der Waals surface area contributed by atoms with Crippen LogP contribution in [-0.4, -0.2) is 5.16 Å². The molecule has 0 amide bonds. The van der Waals surface area contributed by atoms with E-state index >= 15 is 0 Å². The molecule has 19 heavy (non-hydrogen) atoms. The van der Waals surface area contributed by atoms with Gasteiger partial charge in [0.2, 0.25) is 0 Å². The molecule has 0 aliphatic rings. The van der Waals surface area contributed by atoms with Gasteiger partial charge in [0.05, 0.1) is 22.5 Å². The minimum atomic E-state index is 0.666. The normalized spacial score (nSPS) is 9.84. The Kier molecular flexibility index (Phi) is 4.36. The van der Waals surface area contributed by atoms with E-state index in [1.165, 1.54) is 0 Å². The molecular formula is C16H10N2S. The molecule has 2 aromatic carbocycles. The third-order valence-corrected chi connectivity index (χ3v) is 2.67. The zero-order chi connectivity index (χ0) is 13.5. The van der Waals surface area contributed by atoms with Crippen LogP contribution in [-0.2, 0) is 0 Å². The van der Waals surface area contributed by atoms with Crippen LogP contribution in [0.15, 0.2) is 53.5 Å². The van der Waals surface area contributed by atoms with Crippen LogP contribution in [0.25, 0.3) is 12.2 Å². The van der Waals surface area contributed by atoms with Gasteiger partial charge >= 0.3 is 0 Å². The van der Waals surface area contributed by atoms with Crippen molar-refractivity contribution in [3.63, 3.8) is 0 Å². The molecule has 0 fully saturated rings. The number of benzene rings is 2. The van der Waals surface area contributed by atoms with E-state index < -0.39 is 0 Å². The summed E-state index contributed by atoms with van der Waals surface area (Å²) in [7, 11) is 0. The Morgan fingerprint density at radius 1 is 0.895 bits per heavy atom. The Morgan fingerprint density at radius 2 is 1.42 bits per heavy atom. The maximum Gasteiger partial charge on any atom is 0.0991 e. The fourth-order valence-electron chi connectivity index (χ4n) is 1.57. The Balaban J connectivity index is 2.13. The number of nitriles is 1. The van der Waals surface area contributed by atoms with Crippen LogP contribution in [0.5, 0.6) is 0 Å². The third kappa shape index (κ3) is 3.72. The summed E-state index contributed by atoms with van der Waals surface area (Å²) in [5.41, 5.74) is 3.60. The van der Waals surface area contributed by atoms with Gasteiger partial charge in [-0.05, 0) is 47.6 Å². The van der Waals surface area contributed by atoms with Gasteiger partial charge in [-0.2, -0.15) is 10.3 Å². The fraction of sp³-hybridized carbons (Fsp3) is 0. The van der Waals surface area contributed by atoms with E-state index in [1.54, 1.807) is 12.1 Å². The molecule has 0 saturated carbocycles. The number of hydrogen-bond donors (Lipinski definition) is 0. The van der Waals surface area contributed by atoms with E-state index in [1.807, 2.05) is 48.6 Å². The molecule has 2 rings (SSSR count). The largest absolute Gasteiger partial charge is 0.195 e. The summed E-state index contributed by atoms with van der Waals surface area (Å²) in [6.45, 7) is 0. The monoisotopic (exact) mass is 262 g/mol. The van der Waals surface area contributed by atoms with Gasteiger partial charge < -0.3 is 0 Å². The first-order chi connectivity index (χ1) is 9.31. The smallest absolute Gasteiger partial charge is 0.0991 e. The third-order valence-electron chi connectivity index (χ3n) is 2.58. The van der Waals surface area contributed by atoms with Gasteiger partial charge in [-0.25, -0.2) is 0 Å². The van der Waals surface area contributed by atoms with Gasteiger partial charge in [0.1, 0.15) is 0 Å². The van der Waals surface area contributed by atoms with Gasteiger partial charge in [0.15, 0.2) is 0 Å². The predicted molar refractivity (Wildman–Crippen MR) is 81.2 cm³/mol. The molecule has 2 aromatic rings. The number of aliphatic imine (C=N–C) groups is 1. The molecule has 0 bridgehead atoms. The molecule has 0 spiro atoms. The van der Waals surface area contributed by atoms with Crippen molar-refractivity contribution in [3.8, 4) is 6.07 Å². The van der Waals surface area contributed by atoms with Crippen molar-refractivity contribution in [2.45, 2.75) is 0 Å². The molecule has 0 N–H and O–H groups in total. The average Bonchev–Trinajstić information content (AvgIpc) is 2.47. The molecule has 0 unspecified atom stereocenters. The highest BCUT2D eigenvalue weighted by atomic mass is 32.1. The molecule has 0 aromatic heterocycles. The summed E-state index contributed by atoms with van der Waals surface area (Å²) in [5.74, 6) is 0. The molecule has 0 atom stereocenters. The van der Waals surface area contributed by atoms with Gasteiger partial charge in [-0.3, -0.25) is 0 Å². The first-order valence-electron chi connectivity index (χ1n) is 5.68. The van der Waals surface area contributed by atoms with Crippen LogP contribution >= 0.6 is 12.2 Å². The van der Waals surface area contributed by atoms with Crippen molar-refractivity contribution >= 4 is 35.2 Å². The maximum absolute atomic E-state index is 8.72. The minimum absolute atomic E-state index is 0.666. The predicted octanol–water partition coefficient (Wildman–Crippen LogP) is 4.46. The highest BCUT2D eigenvalue weighted by Crippen LogP contribution is 2.14. The lowest BCUT2D eigenvalue weighted by Gasteiger charge is -1.96. The number of thiocarbonyl (C=S) groups is 1. The SMILES string of the molecule is N#Cc1ccc(/C=C/c2ccc(N=C=S)cc2)cc1. The van der Waals surface area contributed by atoms with Crippen LogP contribution in [0.2, 0.25) is 0 Å². The Morgan fingerprint density at radius 3 is 1.89 bits per heavy atom. The number of nitrogens with zero attached hydrogens (tertiary/aromatic N) is 2. The highest BCUT2D eigenvalue weighted by molar-refractivity contribution is 7.78. The van der Waals surface area contributed by atoms with Gasteiger partial charge in [-0.1, -0.05) is 36.4 Å². The van der Waals surface area contributed by atoms with Crippen LogP contribution in [0.4, 0.5) is 5.69 Å².